The number of amides is 1. The maximum Gasteiger partial charge on any atom is 0.250 e. The highest BCUT2D eigenvalue weighted by Gasteiger charge is 2.16. The molecular weight excluding hydrogens is 362 g/mol. The van der Waals surface area contributed by atoms with Crippen molar-refractivity contribution in [2.24, 2.45) is 0 Å². The molecule has 1 aliphatic heterocycles. The monoisotopic (exact) mass is 379 g/mol. The SMILES string of the molecule is O=C(CCn1cc(Br)ccc1=O)NCCc1nnc2n1CCC2. The van der Waals surface area contributed by atoms with Crippen LogP contribution in [0.3, 0.4) is 0 Å². The van der Waals surface area contributed by atoms with Crippen LogP contribution in [-0.2, 0) is 30.7 Å². The lowest BCUT2D eigenvalue weighted by Gasteiger charge is -2.07. The molecule has 23 heavy (non-hydrogen) atoms. The Balaban J connectivity index is 1.44. The standard InChI is InChI=1S/C15H18BrN5O2/c16-11-3-4-15(23)20(10-11)9-6-14(22)17-7-5-13-19-18-12-2-1-8-21(12)13/h3-4,10H,1-2,5-9H2,(H,17,22). The summed E-state index contributed by atoms with van der Waals surface area (Å²) in [6.07, 6.45) is 4.74. The van der Waals surface area contributed by atoms with Crippen LogP contribution in [0.2, 0.25) is 0 Å². The van der Waals surface area contributed by atoms with Gasteiger partial charge >= 0.3 is 0 Å². The van der Waals surface area contributed by atoms with Crippen LogP contribution in [0, 0.1) is 0 Å². The number of aryl methyl sites for hydroxylation is 2. The summed E-state index contributed by atoms with van der Waals surface area (Å²) in [6.45, 7) is 1.87. The van der Waals surface area contributed by atoms with Gasteiger partial charge in [-0.2, -0.15) is 0 Å². The van der Waals surface area contributed by atoms with Gasteiger partial charge in [0.15, 0.2) is 0 Å². The number of hydrogen-bond acceptors (Lipinski definition) is 4. The average molecular weight is 380 g/mol. The molecule has 2 aromatic rings. The van der Waals surface area contributed by atoms with Crippen LogP contribution < -0.4 is 10.9 Å². The largest absolute Gasteiger partial charge is 0.356 e. The van der Waals surface area contributed by atoms with E-state index in [9.17, 15) is 9.59 Å². The Hall–Kier alpha value is -1.96. The second kappa shape index (κ2) is 7.08. The smallest absolute Gasteiger partial charge is 0.250 e. The Morgan fingerprint density at radius 3 is 3.09 bits per heavy atom. The van der Waals surface area contributed by atoms with Crippen molar-refractivity contribution in [3.05, 3.63) is 44.8 Å². The van der Waals surface area contributed by atoms with Crippen LogP contribution >= 0.6 is 15.9 Å². The van der Waals surface area contributed by atoms with Crippen molar-refractivity contribution in [3.8, 4) is 0 Å². The third kappa shape index (κ3) is 3.87. The van der Waals surface area contributed by atoms with E-state index >= 15 is 0 Å². The Labute approximate surface area is 141 Å². The number of pyridine rings is 1. The predicted octanol–water partition coefficient (Wildman–Crippen LogP) is 0.897. The van der Waals surface area contributed by atoms with Crippen molar-refractivity contribution < 1.29 is 4.79 Å². The zero-order chi connectivity index (χ0) is 16.2. The fourth-order valence-electron chi connectivity index (χ4n) is 2.70. The van der Waals surface area contributed by atoms with Gasteiger partial charge in [-0.3, -0.25) is 9.59 Å². The normalized spacial score (nSPS) is 13.1. The van der Waals surface area contributed by atoms with E-state index in [2.05, 4.69) is 36.0 Å². The van der Waals surface area contributed by atoms with Crippen LogP contribution in [0.15, 0.2) is 27.6 Å². The van der Waals surface area contributed by atoms with Gasteiger partial charge in [0.25, 0.3) is 5.56 Å². The van der Waals surface area contributed by atoms with Gasteiger partial charge in [0.2, 0.25) is 5.91 Å². The van der Waals surface area contributed by atoms with Crippen molar-refractivity contribution in [1.29, 1.82) is 0 Å². The molecule has 0 atom stereocenters. The number of hydrogen-bond donors (Lipinski definition) is 1. The Bertz CT molecular complexity index is 767. The van der Waals surface area contributed by atoms with E-state index in [1.54, 1.807) is 12.3 Å². The summed E-state index contributed by atoms with van der Waals surface area (Å²) in [5.74, 6) is 1.90. The first-order valence-electron chi connectivity index (χ1n) is 7.67. The minimum absolute atomic E-state index is 0.0713. The van der Waals surface area contributed by atoms with Gasteiger partial charge in [0, 0.05) is 55.6 Å². The minimum atomic E-state index is -0.111. The Morgan fingerprint density at radius 2 is 2.22 bits per heavy atom. The average Bonchev–Trinajstić information content (AvgIpc) is 3.13. The third-order valence-corrected chi connectivity index (χ3v) is 4.35. The fourth-order valence-corrected chi connectivity index (χ4v) is 3.08. The summed E-state index contributed by atoms with van der Waals surface area (Å²) < 4.78 is 4.47. The number of halogens is 1. The number of nitrogens with zero attached hydrogens (tertiary/aromatic N) is 4. The minimum Gasteiger partial charge on any atom is -0.356 e. The molecule has 0 bridgehead atoms. The molecular formula is C15H18BrN5O2. The second-order valence-corrected chi connectivity index (χ2v) is 6.43. The van der Waals surface area contributed by atoms with Crippen LogP contribution in [0.4, 0.5) is 0 Å². The van der Waals surface area contributed by atoms with Gasteiger partial charge in [0.1, 0.15) is 11.6 Å². The molecule has 1 amide bonds. The molecule has 0 saturated heterocycles. The molecule has 1 aliphatic rings. The first kappa shape index (κ1) is 15.9. The van der Waals surface area contributed by atoms with E-state index < -0.39 is 0 Å². The fraction of sp³-hybridized carbons (Fsp3) is 0.467. The molecule has 122 valence electrons. The van der Waals surface area contributed by atoms with Gasteiger partial charge < -0.3 is 14.5 Å². The maximum atomic E-state index is 11.9. The molecule has 0 unspecified atom stereocenters. The van der Waals surface area contributed by atoms with E-state index in [0.717, 1.165) is 35.5 Å². The number of carbonyl (C=O) groups excluding carboxylic acids is 1. The van der Waals surface area contributed by atoms with E-state index in [1.807, 2.05) is 0 Å². The molecule has 0 aromatic carbocycles. The Morgan fingerprint density at radius 1 is 1.35 bits per heavy atom. The molecule has 0 saturated carbocycles. The Kier molecular flexibility index (Phi) is 4.90. The quantitative estimate of drug-likeness (QED) is 0.808. The number of carbonyl (C=O) groups is 1. The lowest BCUT2D eigenvalue weighted by atomic mass is 10.3. The van der Waals surface area contributed by atoms with Crippen molar-refractivity contribution in [2.45, 2.75) is 38.8 Å². The van der Waals surface area contributed by atoms with Crippen molar-refractivity contribution >= 4 is 21.8 Å². The molecule has 0 aliphatic carbocycles. The van der Waals surface area contributed by atoms with Crippen LogP contribution in [0.5, 0.6) is 0 Å². The number of aromatic nitrogens is 4. The second-order valence-electron chi connectivity index (χ2n) is 5.52. The summed E-state index contributed by atoms with van der Waals surface area (Å²) in [5.41, 5.74) is -0.111. The highest BCUT2D eigenvalue weighted by molar-refractivity contribution is 9.10. The molecule has 7 nitrogen and oxygen atoms in total. The van der Waals surface area contributed by atoms with Crippen LogP contribution in [0.1, 0.15) is 24.5 Å². The highest BCUT2D eigenvalue weighted by atomic mass is 79.9. The lowest BCUT2D eigenvalue weighted by Crippen LogP contribution is -2.29. The maximum absolute atomic E-state index is 11.9. The summed E-state index contributed by atoms with van der Waals surface area (Å²) in [4.78, 5) is 23.5. The number of nitrogens with one attached hydrogen (secondary N) is 1. The van der Waals surface area contributed by atoms with E-state index in [-0.39, 0.29) is 17.9 Å². The molecule has 0 spiro atoms. The van der Waals surface area contributed by atoms with Crippen LogP contribution in [0.25, 0.3) is 0 Å². The highest BCUT2D eigenvalue weighted by Crippen LogP contribution is 2.13. The molecule has 1 N–H and O–H groups in total. The summed E-state index contributed by atoms with van der Waals surface area (Å²) in [6, 6.07) is 3.17. The number of rotatable bonds is 6. The summed E-state index contributed by atoms with van der Waals surface area (Å²) in [5, 5.41) is 11.2. The number of fused-ring (bicyclic) bond motifs is 1. The van der Waals surface area contributed by atoms with Crippen molar-refractivity contribution in [1.82, 2.24) is 24.6 Å². The first-order chi connectivity index (χ1) is 11.1. The topological polar surface area (TPSA) is 81.8 Å². The zero-order valence-electron chi connectivity index (χ0n) is 12.7. The van der Waals surface area contributed by atoms with Crippen LogP contribution in [-0.4, -0.2) is 31.8 Å². The molecule has 3 heterocycles. The van der Waals surface area contributed by atoms with Gasteiger partial charge in [0.05, 0.1) is 0 Å². The summed E-state index contributed by atoms with van der Waals surface area (Å²) >= 11 is 3.32. The van der Waals surface area contributed by atoms with Gasteiger partial charge in [-0.1, -0.05) is 0 Å². The van der Waals surface area contributed by atoms with Gasteiger partial charge in [-0.25, -0.2) is 0 Å². The van der Waals surface area contributed by atoms with Gasteiger partial charge in [-0.15, -0.1) is 10.2 Å². The van der Waals surface area contributed by atoms with Crippen molar-refractivity contribution in [3.63, 3.8) is 0 Å². The lowest BCUT2D eigenvalue weighted by molar-refractivity contribution is -0.121. The molecule has 0 radical (unpaired) electrons. The van der Waals surface area contributed by atoms with E-state index in [0.29, 0.717) is 19.5 Å². The van der Waals surface area contributed by atoms with Gasteiger partial charge in [-0.05, 0) is 28.4 Å². The molecule has 3 rings (SSSR count). The predicted molar refractivity (Wildman–Crippen MR) is 88.1 cm³/mol. The first-order valence-corrected chi connectivity index (χ1v) is 8.46. The third-order valence-electron chi connectivity index (χ3n) is 3.88. The molecule has 0 fully saturated rings. The molecule has 2 aromatic heterocycles. The van der Waals surface area contributed by atoms with E-state index in [1.165, 1.54) is 10.6 Å². The van der Waals surface area contributed by atoms with E-state index in [4.69, 9.17) is 0 Å². The molecule has 8 heteroatoms. The summed E-state index contributed by atoms with van der Waals surface area (Å²) in [7, 11) is 0. The zero-order valence-corrected chi connectivity index (χ0v) is 14.3. The van der Waals surface area contributed by atoms with Crippen molar-refractivity contribution in [2.75, 3.05) is 6.54 Å².